The van der Waals surface area contributed by atoms with Crippen LogP contribution in [0.5, 0.6) is 0 Å². The van der Waals surface area contributed by atoms with Crippen LogP contribution in [0.25, 0.3) is 0 Å². The van der Waals surface area contributed by atoms with Crippen molar-refractivity contribution in [2.24, 2.45) is 5.73 Å². The standard InChI is InChI=1S/C47H91F2NO43P4/c1-76-42-38(67)28(8-51)87-46(42)80-14-22(57)36(65)27(62)19-86-97(74,75)93-41-31(11-54)90-47(43(41)77-2)81-15-23(58)37(66)26(61)18-85-96(72,73)92-40-30(10-53)89-45(33(40)49)79-13-21(56)35(64)25(60)17-84-95(70,71)91-39-29(9-52)88-44(32(39)48)78-12-20(55)34(63)24(59)16-83-94(68,69)82-7-5-3-4-6-50/h20-47,51-67H,3-19,50H2,1-2H3,(H,68,69)(H,70,71)(H,72,73)(H,74,75)/t20?,21?,22?,23?,24?,25?,26?,27?,28-,29-,30-,31-,32?,33?,34?,35?,36?,37?,38?,39?,40?,41?,42?,43?,44-,45-,46-,47-/m1/s1. The second kappa shape index (κ2) is 41.8. The molecule has 4 heterocycles. The monoisotopic (exact) mass is 1520 g/mol. The molecule has 0 bridgehead atoms. The third-order valence-electron chi connectivity index (χ3n) is 14.7. The number of unbranched alkanes of at least 4 members (excludes halogenated alkanes) is 2. The SMILES string of the molecule is COC1C(O)[C@@H](CO)O[C@H]1OCC(O)C(O)C(O)COP(=O)(O)OC1C(OC)[C@H](OCC(O)C(O)C(O)COP(=O)(O)OC2C(F)[C@H](OCC(O)C(O)C(O)COP(=O)(O)OC3C(F)[C@H](OCC(O)C(O)C(O)COP(=O)(O)OCCCCCN)O[C@@H]3CO)O[C@@H]2CO)O[C@@H]1CO. The third kappa shape index (κ3) is 27.2. The van der Waals surface area contributed by atoms with Crippen LogP contribution in [0.1, 0.15) is 19.3 Å². The van der Waals surface area contributed by atoms with E-state index in [1.165, 1.54) is 7.11 Å². The number of hydrogen-bond donors (Lipinski definition) is 22. The van der Waals surface area contributed by atoms with Gasteiger partial charge in [-0.3, -0.25) is 36.2 Å². The van der Waals surface area contributed by atoms with Crippen molar-refractivity contribution in [2.45, 2.75) is 191 Å². The summed E-state index contributed by atoms with van der Waals surface area (Å²) in [6, 6.07) is 0. The number of phosphoric ester groups is 4. The first-order valence-corrected chi connectivity index (χ1v) is 35.4. The fourth-order valence-corrected chi connectivity index (χ4v) is 12.9. The molecular formula is C47H91F2NO43P4. The summed E-state index contributed by atoms with van der Waals surface area (Å²) in [6.07, 6.45) is -53.7. The van der Waals surface area contributed by atoms with E-state index in [4.69, 9.17) is 75.7 Å². The fourth-order valence-electron chi connectivity index (χ4n) is 9.23. The number of ether oxygens (including phenoxy) is 10. The Morgan fingerprint density at radius 1 is 0.381 bits per heavy atom. The summed E-state index contributed by atoms with van der Waals surface area (Å²) in [5.41, 5.74) is 5.36. The molecular weight excluding hydrogens is 1430 g/mol. The van der Waals surface area contributed by atoms with Crippen LogP contribution in [0.2, 0.25) is 0 Å². The number of phosphoric acid groups is 4. The Kier molecular flexibility index (Phi) is 38.1. The quantitative estimate of drug-likeness (QED) is 0.0199. The zero-order valence-electron chi connectivity index (χ0n) is 51.7. The normalized spacial score (nSPS) is 34.2. The Bertz CT molecular complexity index is 2440. The molecule has 576 valence electrons. The zero-order chi connectivity index (χ0) is 72.9. The molecule has 0 aliphatic carbocycles. The Balaban J connectivity index is 1.18. The summed E-state index contributed by atoms with van der Waals surface area (Å²) in [5, 5.41) is 174. The van der Waals surface area contributed by atoms with E-state index in [0.29, 0.717) is 25.8 Å². The van der Waals surface area contributed by atoms with E-state index < -0.39 is 282 Å². The van der Waals surface area contributed by atoms with Crippen molar-refractivity contribution in [3.63, 3.8) is 0 Å². The summed E-state index contributed by atoms with van der Waals surface area (Å²) in [4.78, 5) is 41.0. The molecule has 4 rings (SSSR count). The molecule has 0 radical (unpaired) electrons. The van der Waals surface area contributed by atoms with Crippen molar-refractivity contribution in [1.82, 2.24) is 0 Å². The van der Waals surface area contributed by atoms with Crippen molar-refractivity contribution in [3.05, 3.63) is 0 Å². The highest BCUT2D eigenvalue weighted by Gasteiger charge is 2.54. The molecule has 0 spiro atoms. The van der Waals surface area contributed by atoms with Crippen molar-refractivity contribution < 1.29 is 217 Å². The van der Waals surface area contributed by atoms with Crippen LogP contribution in [0, 0.1) is 0 Å². The molecule has 0 saturated carbocycles. The van der Waals surface area contributed by atoms with Gasteiger partial charge in [-0.2, -0.15) is 0 Å². The lowest BCUT2D eigenvalue weighted by Crippen LogP contribution is -2.44. The molecule has 97 heavy (non-hydrogen) atoms. The number of aliphatic hydroxyl groups is 17. The van der Waals surface area contributed by atoms with Gasteiger partial charge in [0.15, 0.2) is 37.5 Å². The molecule has 0 aromatic carbocycles. The van der Waals surface area contributed by atoms with Crippen molar-refractivity contribution in [3.8, 4) is 0 Å². The first kappa shape index (κ1) is 88.6. The number of rotatable bonds is 50. The van der Waals surface area contributed by atoms with Gasteiger partial charge in [-0.15, -0.1) is 0 Å². The van der Waals surface area contributed by atoms with Crippen molar-refractivity contribution in [2.75, 3.05) is 107 Å². The lowest BCUT2D eigenvalue weighted by Gasteiger charge is -2.27. The molecule has 4 fully saturated rings. The predicted molar refractivity (Wildman–Crippen MR) is 303 cm³/mol. The van der Waals surface area contributed by atoms with E-state index in [0.717, 1.165) is 7.11 Å². The largest absolute Gasteiger partial charge is 0.472 e. The average Bonchev–Trinajstić information content (AvgIpc) is 1.70. The second-order valence-corrected chi connectivity index (χ2v) is 27.6. The van der Waals surface area contributed by atoms with Gasteiger partial charge in [-0.1, -0.05) is 0 Å². The maximum Gasteiger partial charge on any atom is 0.472 e. The molecule has 4 saturated heterocycles. The minimum Gasteiger partial charge on any atom is -0.394 e. The molecule has 44 nitrogen and oxygen atoms in total. The first-order valence-electron chi connectivity index (χ1n) is 29.4. The van der Waals surface area contributed by atoms with E-state index in [-0.39, 0.29) is 6.61 Å². The Morgan fingerprint density at radius 3 is 1.01 bits per heavy atom. The first-order chi connectivity index (χ1) is 45.4. The summed E-state index contributed by atoms with van der Waals surface area (Å²) < 4.78 is 172. The van der Waals surface area contributed by atoms with E-state index in [1.54, 1.807) is 0 Å². The van der Waals surface area contributed by atoms with Crippen molar-refractivity contribution in [1.29, 1.82) is 0 Å². The topological polar surface area (TPSA) is 685 Å². The number of nitrogens with two attached hydrogens (primary N) is 1. The Labute approximate surface area is 550 Å². The van der Waals surface area contributed by atoms with Gasteiger partial charge < -0.3 is 159 Å². The van der Waals surface area contributed by atoms with Crippen LogP contribution in [0.3, 0.4) is 0 Å². The van der Waals surface area contributed by atoms with Gasteiger partial charge in [0.25, 0.3) is 0 Å². The van der Waals surface area contributed by atoms with Gasteiger partial charge in [0.1, 0.15) is 134 Å². The average molecular weight is 1520 g/mol. The maximum atomic E-state index is 15.6. The summed E-state index contributed by atoms with van der Waals surface area (Å²) in [6.45, 7) is -12.6. The number of aliphatic hydroxyl groups excluding tert-OH is 17. The van der Waals surface area contributed by atoms with E-state index >= 15 is 8.78 Å². The Hall–Kier alpha value is -0.820. The number of alkyl halides is 2. The molecule has 4 aliphatic heterocycles. The molecule has 24 unspecified atom stereocenters. The summed E-state index contributed by atoms with van der Waals surface area (Å²) >= 11 is 0. The van der Waals surface area contributed by atoms with Crippen molar-refractivity contribution >= 4 is 31.3 Å². The molecule has 0 aromatic heterocycles. The van der Waals surface area contributed by atoms with E-state index in [2.05, 4.69) is 13.6 Å². The highest BCUT2D eigenvalue weighted by molar-refractivity contribution is 7.48. The van der Waals surface area contributed by atoms with Gasteiger partial charge in [0.05, 0.1) is 85.9 Å². The number of hydrogen-bond acceptors (Lipinski definition) is 40. The summed E-state index contributed by atoms with van der Waals surface area (Å²) in [5.74, 6) is 0. The van der Waals surface area contributed by atoms with E-state index in [9.17, 15) is 125 Å². The molecule has 50 heteroatoms. The number of methoxy groups -OCH3 is 2. The van der Waals surface area contributed by atoms with Gasteiger partial charge in [-0.05, 0) is 25.8 Å². The smallest absolute Gasteiger partial charge is 0.394 e. The predicted octanol–water partition coefficient (Wildman–Crippen LogP) is -9.91. The van der Waals surface area contributed by atoms with E-state index in [1.807, 2.05) is 0 Å². The minimum absolute atomic E-state index is 0.206. The highest BCUT2D eigenvalue weighted by Crippen LogP contribution is 2.51. The minimum atomic E-state index is -5.57. The lowest BCUT2D eigenvalue weighted by atomic mass is 10.1. The molecule has 4 aliphatic rings. The van der Waals surface area contributed by atoms with Gasteiger partial charge in [0, 0.05) is 14.2 Å². The van der Waals surface area contributed by atoms with Crippen LogP contribution in [-0.4, -0.2) is 385 Å². The van der Waals surface area contributed by atoms with Crippen LogP contribution in [0.4, 0.5) is 8.78 Å². The van der Waals surface area contributed by atoms with Crippen LogP contribution in [-0.2, 0) is 102 Å². The van der Waals surface area contributed by atoms with Crippen LogP contribution < -0.4 is 5.73 Å². The van der Waals surface area contributed by atoms with Gasteiger partial charge in [-0.25, -0.2) is 27.0 Å². The van der Waals surface area contributed by atoms with Gasteiger partial charge >= 0.3 is 31.3 Å². The zero-order valence-corrected chi connectivity index (χ0v) is 55.3. The molecule has 0 amide bonds. The van der Waals surface area contributed by atoms with Crippen LogP contribution in [0.15, 0.2) is 0 Å². The second-order valence-electron chi connectivity index (χ2n) is 22.0. The molecule has 32 atom stereocenters. The molecule has 23 N–H and O–H groups in total. The van der Waals surface area contributed by atoms with Gasteiger partial charge in [0.2, 0.25) is 0 Å². The molecule has 0 aromatic rings. The summed E-state index contributed by atoms with van der Waals surface area (Å²) in [7, 11) is -18.9. The fraction of sp³-hybridized carbons (Fsp3) is 1.00. The third-order valence-corrected chi connectivity index (χ3v) is 18.6. The number of halogens is 2. The highest BCUT2D eigenvalue weighted by atomic mass is 31.2. The Morgan fingerprint density at radius 2 is 0.670 bits per heavy atom. The maximum absolute atomic E-state index is 15.6. The van der Waals surface area contributed by atoms with Crippen LogP contribution >= 0.6 is 31.3 Å². The lowest BCUT2D eigenvalue weighted by molar-refractivity contribution is -0.198.